The van der Waals surface area contributed by atoms with Gasteiger partial charge in [-0.15, -0.1) is 12.4 Å². The van der Waals surface area contributed by atoms with Crippen LogP contribution in [0, 0.1) is 19.8 Å². The van der Waals surface area contributed by atoms with Crippen LogP contribution in [0.3, 0.4) is 0 Å². The number of anilines is 2. The van der Waals surface area contributed by atoms with Crippen molar-refractivity contribution in [2.24, 2.45) is 5.92 Å². The number of piperidine rings is 1. The Kier molecular flexibility index (Phi) is 6.98. The Morgan fingerprint density at radius 1 is 1.23 bits per heavy atom. The summed E-state index contributed by atoms with van der Waals surface area (Å²) in [6, 6.07) is 10.0. The highest BCUT2D eigenvalue weighted by Crippen LogP contribution is 2.31. The van der Waals surface area contributed by atoms with Crippen LogP contribution >= 0.6 is 28.3 Å². The molecule has 0 bridgehead atoms. The normalized spacial score (nSPS) is 16.3. The van der Waals surface area contributed by atoms with Crippen LogP contribution in [-0.2, 0) is 0 Å². The fourth-order valence-corrected chi connectivity index (χ4v) is 4.13. The van der Waals surface area contributed by atoms with Gasteiger partial charge >= 0.3 is 0 Å². The van der Waals surface area contributed by atoms with Crippen molar-refractivity contribution in [2.75, 3.05) is 18.4 Å². The van der Waals surface area contributed by atoms with E-state index < -0.39 is 0 Å². The molecule has 3 aromatic rings. The van der Waals surface area contributed by atoms with Crippen molar-refractivity contribution in [2.45, 2.75) is 33.6 Å². The fourth-order valence-electron chi connectivity index (χ4n) is 3.88. The Hall–Kier alpha value is -2.18. The standard InChI is InChI=1S/C23H25BrN4O.ClH/c1-14-5-4-10-28(13-14)23(29)19-12-25-22-18(8-6-16(3)26-22)21(19)27-17-7-9-20(24)15(2)11-17;/h6-9,11-12,14H,4-5,10,13H2,1-3H3,(H,25,26,27);1H. The maximum absolute atomic E-state index is 13.4. The topological polar surface area (TPSA) is 58.1 Å². The van der Waals surface area contributed by atoms with Crippen LogP contribution in [0.1, 0.15) is 41.4 Å². The SMILES string of the molecule is Cc1ccc2c(Nc3ccc(Br)c(C)c3)c(C(=O)N3CCCC(C)C3)cnc2n1.Cl. The number of carbonyl (C=O) groups excluding carboxylic acids is 1. The van der Waals surface area contributed by atoms with Crippen LogP contribution in [0.4, 0.5) is 11.4 Å². The van der Waals surface area contributed by atoms with Gasteiger partial charge in [0.2, 0.25) is 0 Å². The second-order valence-electron chi connectivity index (χ2n) is 7.96. The number of hydrogen-bond donors (Lipinski definition) is 1. The number of carbonyl (C=O) groups is 1. The van der Waals surface area contributed by atoms with Crippen molar-refractivity contribution in [3.8, 4) is 0 Å². The van der Waals surface area contributed by atoms with Gasteiger partial charge in [-0.25, -0.2) is 9.97 Å². The third-order valence-corrected chi connectivity index (χ3v) is 6.36. The van der Waals surface area contributed by atoms with Crippen LogP contribution in [0.25, 0.3) is 11.0 Å². The van der Waals surface area contributed by atoms with E-state index in [1.165, 1.54) is 6.42 Å². The van der Waals surface area contributed by atoms with E-state index in [-0.39, 0.29) is 18.3 Å². The number of benzene rings is 1. The zero-order valence-electron chi connectivity index (χ0n) is 17.4. The van der Waals surface area contributed by atoms with Crippen molar-refractivity contribution < 1.29 is 4.79 Å². The molecule has 0 saturated carbocycles. The van der Waals surface area contributed by atoms with Crippen molar-refractivity contribution in [1.29, 1.82) is 0 Å². The average Bonchev–Trinajstić information content (AvgIpc) is 2.70. The van der Waals surface area contributed by atoms with E-state index in [0.717, 1.165) is 52.0 Å². The van der Waals surface area contributed by atoms with E-state index >= 15 is 0 Å². The third-order valence-electron chi connectivity index (χ3n) is 5.47. The van der Waals surface area contributed by atoms with Gasteiger partial charge < -0.3 is 10.2 Å². The fraction of sp³-hybridized carbons (Fsp3) is 0.348. The van der Waals surface area contributed by atoms with Gasteiger partial charge in [0, 0.05) is 40.5 Å². The lowest BCUT2D eigenvalue weighted by Gasteiger charge is -2.31. The summed E-state index contributed by atoms with van der Waals surface area (Å²) in [6.45, 7) is 7.78. The molecule has 158 valence electrons. The van der Waals surface area contributed by atoms with E-state index in [2.05, 4.69) is 44.2 Å². The predicted octanol–water partition coefficient (Wildman–Crippen LogP) is 6.05. The quantitative estimate of drug-likeness (QED) is 0.487. The summed E-state index contributed by atoms with van der Waals surface area (Å²) in [5.41, 5.74) is 4.97. The van der Waals surface area contributed by atoms with Gasteiger partial charge in [-0.1, -0.05) is 22.9 Å². The maximum Gasteiger partial charge on any atom is 0.257 e. The maximum atomic E-state index is 13.4. The molecule has 1 amide bonds. The number of halogens is 2. The average molecular weight is 490 g/mol. The van der Waals surface area contributed by atoms with E-state index in [4.69, 9.17) is 0 Å². The van der Waals surface area contributed by atoms with Crippen molar-refractivity contribution in [3.05, 3.63) is 57.8 Å². The highest BCUT2D eigenvalue weighted by Gasteiger charge is 2.25. The number of aryl methyl sites for hydroxylation is 2. The summed E-state index contributed by atoms with van der Waals surface area (Å²) >= 11 is 3.55. The summed E-state index contributed by atoms with van der Waals surface area (Å²) in [5, 5.41) is 4.34. The monoisotopic (exact) mass is 488 g/mol. The summed E-state index contributed by atoms with van der Waals surface area (Å²) in [7, 11) is 0. The molecule has 0 radical (unpaired) electrons. The van der Waals surface area contributed by atoms with Crippen LogP contribution in [0.2, 0.25) is 0 Å². The van der Waals surface area contributed by atoms with Gasteiger partial charge in [-0.05, 0) is 68.5 Å². The minimum Gasteiger partial charge on any atom is -0.354 e. The Morgan fingerprint density at radius 2 is 2.03 bits per heavy atom. The first-order valence-corrected chi connectivity index (χ1v) is 10.8. The number of hydrogen-bond acceptors (Lipinski definition) is 4. The lowest BCUT2D eigenvalue weighted by molar-refractivity contribution is 0.0684. The molecule has 0 spiro atoms. The van der Waals surface area contributed by atoms with Gasteiger partial charge in [0.05, 0.1) is 11.3 Å². The summed E-state index contributed by atoms with van der Waals surface area (Å²) < 4.78 is 1.05. The number of aromatic nitrogens is 2. The summed E-state index contributed by atoms with van der Waals surface area (Å²) in [5.74, 6) is 0.554. The van der Waals surface area contributed by atoms with E-state index in [1.54, 1.807) is 6.20 Å². The van der Waals surface area contributed by atoms with Crippen LogP contribution in [-0.4, -0.2) is 33.9 Å². The molecule has 1 atom stereocenters. The Balaban J connectivity index is 0.00000256. The third kappa shape index (κ3) is 4.60. The van der Waals surface area contributed by atoms with E-state index in [1.807, 2.05) is 43.0 Å². The van der Waals surface area contributed by atoms with Crippen LogP contribution < -0.4 is 5.32 Å². The highest BCUT2D eigenvalue weighted by atomic mass is 79.9. The number of fused-ring (bicyclic) bond motifs is 1. The molecule has 30 heavy (non-hydrogen) atoms. The number of pyridine rings is 2. The number of rotatable bonds is 3. The molecule has 1 unspecified atom stereocenters. The lowest BCUT2D eigenvalue weighted by atomic mass is 9.99. The first kappa shape index (κ1) is 22.5. The zero-order chi connectivity index (χ0) is 20.5. The smallest absolute Gasteiger partial charge is 0.257 e. The van der Waals surface area contributed by atoms with Crippen molar-refractivity contribution in [1.82, 2.24) is 14.9 Å². The first-order chi connectivity index (χ1) is 13.9. The Morgan fingerprint density at radius 3 is 2.77 bits per heavy atom. The molecule has 1 aliphatic heterocycles. The molecular formula is C23H26BrClN4O. The van der Waals surface area contributed by atoms with Crippen LogP contribution in [0.5, 0.6) is 0 Å². The largest absolute Gasteiger partial charge is 0.354 e. The molecule has 1 aliphatic rings. The summed E-state index contributed by atoms with van der Waals surface area (Å²) in [4.78, 5) is 24.4. The zero-order valence-corrected chi connectivity index (χ0v) is 19.8. The molecule has 1 aromatic carbocycles. The minimum absolute atomic E-state index is 0. The molecule has 1 N–H and O–H groups in total. The first-order valence-electron chi connectivity index (χ1n) is 10.0. The molecular weight excluding hydrogens is 464 g/mol. The Bertz CT molecular complexity index is 1090. The number of nitrogens with one attached hydrogen (secondary N) is 1. The number of nitrogens with zero attached hydrogens (tertiary/aromatic N) is 3. The van der Waals surface area contributed by atoms with Crippen molar-refractivity contribution >= 4 is 56.7 Å². The van der Waals surface area contributed by atoms with Gasteiger partial charge in [-0.2, -0.15) is 0 Å². The van der Waals surface area contributed by atoms with E-state index in [9.17, 15) is 4.79 Å². The van der Waals surface area contributed by atoms with Crippen LogP contribution in [0.15, 0.2) is 41.0 Å². The van der Waals surface area contributed by atoms with Gasteiger partial charge in [0.25, 0.3) is 5.91 Å². The molecule has 2 aromatic heterocycles. The molecule has 7 heteroatoms. The number of likely N-dealkylation sites (tertiary alicyclic amines) is 1. The van der Waals surface area contributed by atoms with Crippen molar-refractivity contribution in [3.63, 3.8) is 0 Å². The van der Waals surface area contributed by atoms with Gasteiger partial charge in [-0.3, -0.25) is 4.79 Å². The molecule has 1 saturated heterocycles. The van der Waals surface area contributed by atoms with E-state index in [0.29, 0.717) is 17.1 Å². The number of amides is 1. The molecule has 4 rings (SSSR count). The molecule has 5 nitrogen and oxygen atoms in total. The molecule has 1 fully saturated rings. The second kappa shape index (κ2) is 9.31. The highest BCUT2D eigenvalue weighted by molar-refractivity contribution is 9.10. The van der Waals surface area contributed by atoms with Gasteiger partial charge in [0.1, 0.15) is 0 Å². The lowest BCUT2D eigenvalue weighted by Crippen LogP contribution is -2.39. The Labute approximate surface area is 191 Å². The summed E-state index contributed by atoms with van der Waals surface area (Å²) in [6.07, 6.45) is 3.89. The predicted molar refractivity (Wildman–Crippen MR) is 128 cm³/mol. The molecule has 3 heterocycles. The van der Waals surface area contributed by atoms with Gasteiger partial charge in [0.15, 0.2) is 5.65 Å². The minimum atomic E-state index is 0. The second-order valence-corrected chi connectivity index (χ2v) is 8.81. The molecule has 0 aliphatic carbocycles.